The SMILES string of the molecule is CCCC(Nc1cc(Cl)ccc1N)c1cccs1. The lowest BCUT2D eigenvalue weighted by Crippen LogP contribution is -2.10. The molecular formula is C14H17ClN2S. The van der Waals surface area contributed by atoms with Crippen molar-refractivity contribution in [1.82, 2.24) is 0 Å². The Kier molecular flexibility index (Phi) is 4.50. The van der Waals surface area contributed by atoms with Crippen LogP contribution >= 0.6 is 22.9 Å². The number of halogens is 1. The molecule has 0 amide bonds. The maximum atomic E-state index is 6.01. The molecule has 96 valence electrons. The maximum absolute atomic E-state index is 6.01. The summed E-state index contributed by atoms with van der Waals surface area (Å²) >= 11 is 7.77. The predicted octanol–water partition coefficient (Wildman–Crippen LogP) is 4.94. The average molecular weight is 281 g/mol. The number of hydrogen-bond donors (Lipinski definition) is 2. The molecule has 1 atom stereocenters. The lowest BCUT2D eigenvalue weighted by molar-refractivity contribution is 0.688. The van der Waals surface area contributed by atoms with Gasteiger partial charge in [0.15, 0.2) is 0 Å². The van der Waals surface area contributed by atoms with Crippen LogP contribution in [-0.2, 0) is 0 Å². The van der Waals surface area contributed by atoms with Crippen molar-refractivity contribution < 1.29 is 0 Å². The predicted molar refractivity (Wildman–Crippen MR) is 81.5 cm³/mol. The van der Waals surface area contributed by atoms with Crippen molar-refractivity contribution >= 4 is 34.3 Å². The monoisotopic (exact) mass is 280 g/mol. The Morgan fingerprint density at radius 2 is 2.22 bits per heavy atom. The van der Waals surface area contributed by atoms with E-state index < -0.39 is 0 Å². The summed E-state index contributed by atoms with van der Waals surface area (Å²) in [6.07, 6.45) is 2.20. The van der Waals surface area contributed by atoms with Crippen LogP contribution in [0.2, 0.25) is 5.02 Å². The molecule has 1 aromatic heterocycles. The quantitative estimate of drug-likeness (QED) is 0.762. The summed E-state index contributed by atoms with van der Waals surface area (Å²) in [6.45, 7) is 2.18. The number of nitrogens with two attached hydrogens (primary N) is 1. The van der Waals surface area contributed by atoms with Crippen molar-refractivity contribution in [2.75, 3.05) is 11.1 Å². The molecule has 1 aromatic carbocycles. The van der Waals surface area contributed by atoms with Gasteiger partial charge in [0.05, 0.1) is 17.4 Å². The minimum Gasteiger partial charge on any atom is -0.397 e. The molecule has 0 bridgehead atoms. The number of hydrogen-bond acceptors (Lipinski definition) is 3. The zero-order chi connectivity index (χ0) is 13.0. The van der Waals surface area contributed by atoms with Gasteiger partial charge in [-0.25, -0.2) is 0 Å². The van der Waals surface area contributed by atoms with E-state index in [0.717, 1.165) is 24.2 Å². The summed E-state index contributed by atoms with van der Waals surface area (Å²) < 4.78 is 0. The molecule has 3 N–H and O–H groups in total. The minimum atomic E-state index is 0.302. The third-order valence-electron chi connectivity index (χ3n) is 2.81. The number of anilines is 2. The summed E-state index contributed by atoms with van der Waals surface area (Å²) in [5, 5.41) is 6.29. The Morgan fingerprint density at radius 1 is 1.39 bits per heavy atom. The molecule has 1 heterocycles. The van der Waals surface area contributed by atoms with E-state index in [4.69, 9.17) is 17.3 Å². The summed E-state index contributed by atoms with van der Waals surface area (Å²) in [7, 11) is 0. The molecule has 0 fully saturated rings. The molecule has 0 aliphatic heterocycles. The zero-order valence-corrected chi connectivity index (χ0v) is 11.9. The molecule has 0 spiro atoms. The standard InChI is InChI=1S/C14H17ClN2S/c1-2-4-12(14-5-3-8-18-14)17-13-9-10(15)6-7-11(13)16/h3,5-9,12,17H,2,4,16H2,1H3. The minimum absolute atomic E-state index is 0.302. The molecular weight excluding hydrogens is 264 g/mol. The highest BCUT2D eigenvalue weighted by Crippen LogP contribution is 2.31. The van der Waals surface area contributed by atoms with Crippen LogP contribution in [0.3, 0.4) is 0 Å². The number of benzene rings is 1. The molecule has 0 radical (unpaired) electrons. The first-order valence-electron chi connectivity index (χ1n) is 6.05. The van der Waals surface area contributed by atoms with Crippen LogP contribution in [0.1, 0.15) is 30.7 Å². The van der Waals surface area contributed by atoms with Gasteiger partial charge in [-0.05, 0) is 36.1 Å². The third-order valence-corrected chi connectivity index (χ3v) is 4.03. The summed E-state index contributed by atoms with van der Waals surface area (Å²) in [5.41, 5.74) is 7.61. The fourth-order valence-corrected chi connectivity index (χ4v) is 2.89. The topological polar surface area (TPSA) is 38.0 Å². The van der Waals surface area contributed by atoms with Gasteiger partial charge in [-0.2, -0.15) is 0 Å². The van der Waals surface area contributed by atoms with Gasteiger partial charge in [0.25, 0.3) is 0 Å². The molecule has 2 rings (SSSR count). The van der Waals surface area contributed by atoms with Gasteiger partial charge >= 0.3 is 0 Å². The summed E-state index contributed by atoms with van der Waals surface area (Å²) in [4.78, 5) is 1.33. The average Bonchev–Trinajstić information content (AvgIpc) is 2.87. The van der Waals surface area contributed by atoms with Crippen LogP contribution < -0.4 is 11.1 Å². The Bertz CT molecular complexity index is 497. The summed E-state index contributed by atoms with van der Waals surface area (Å²) in [6, 6.07) is 10.1. The van der Waals surface area contributed by atoms with Gasteiger partial charge in [-0.3, -0.25) is 0 Å². The normalized spacial score (nSPS) is 12.3. The highest BCUT2D eigenvalue weighted by molar-refractivity contribution is 7.10. The first kappa shape index (κ1) is 13.2. The molecule has 0 aliphatic carbocycles. The Hall–Kier alpha value is -1.19. The Labute approximate surface area is 117 Å². The molecule has 2 aromatic rings. The van der Waals surface area contributed by atoms with Crippen molar-refractivity contribution in [3.05, 3.63) is 45.6 Å². The van der Waals surface area contributed by atoms with Crippen molar-refractivity contribution in [1.29, 1.82) is 0 Å². The smallest absolute Gasteiger partial charge is 0.0607 e. The number of rotatable bonds is 5. The van der Waals surface area contributed by atoms with E-state index in [0.29, 0.717) is 11.1 Å². The van der Waals surface area contributed by atoms with E-state index in [1.165, 1.54) is 4.88 Å². The van der Waals surface area contributed by atoms with Crippen molar-refractivity contribution in [2.24, 2.45) is 0 Å². The molecule has 4 heteroatoms. The second-order valence-electron chi connectivity index (χ2n) is 4.23. The number of nitrogen functional groups attached to an aromatic ring is 1. The van der Waals surface area contributed by atoms with Crippen LogP contribution in [-0.4, -0.2) is 0 Å². The van der Waals surface area contributed by atoms with Crippen LogP contribution in [0, 0.1) is 0 Å². The molecule has 1 unspecified atom stereocenters. The van der Waals surface area contributed by atoms with Crippen LogP contribution in [0.4, 0.5) is 11.4 Å². The maximum Gasteiger partial charge on any atom is 0.0607 e. The van der Waals surface area contributed by atoms with E-state index in [9.17, 15) is 0 Å². The van der Waals surface area contributed by atoms with Gasteiger partial charge in [0.1, 0.15) is 0 Å². The van der Waals surface area contributed by atoms with Crippen LogP contribution in [0.15, 0.2) is 35.7 Å². The van der Waals surface area contributed by atoms with Gasteiger partial charge < -0.3 is 11.1 Å². The van der Waals surface area contributed by atoms with Crippen molar-refractivity contribution in [3.63, 3.8) is 0 Å². The summed E-state index contributed by atoms with van der Waals surface area (Å²) in [5.74, 6) is 0. The van der Waals surface area contributed by atoms with Crippen LogP contribution in [0.5, 0.6) is 0 Å². The first-order chi connectivity index (χ1) is 8.70. The largest absolute Gasteiger partial charge is 0.397 e. The highest BCUT2D eigenvalue weighted by Gasteiger charge is 2.12. The van der Waals surface area contributed by atoms with Crippen molar-refractivity contribution in [3.8, 4) is 0 Å². The molecule has 0 aliphatic rings. The molecule has 2 nitrogen and oxygen atoms in total. The number of thiophene rings is 1. The van der Waals surface area contributed by atoms with Gasteiger partial charge in [-0.1, -0.05) is 31.0 Å². The fraction of sp³-hybridized carbons (Fsp3) is 0.286. The number of nitrogens with one attached hydrogen (secondary N) is 1. The van der Waals surface area contributed by atoms with Crippen molar-refractivity contribution in [2.45, 2.75) is 25.8 Å². The van der Waals surface area contributed by atoms with E-state index in [1.807, 2.05) is 18.2 Å². The Balaban J connectivity index is 2.21. The fourth-order valence-electron chi connectivity index (χ4n) is 1.90. The first-order valence-corrected chi connectivity index (χ1v) is 7.31. The van der Waals surface area contributed by atoms with E-state index >= 15 is 0 Å². The molecule has 0 saturated carbocycles. The molecule has 0 saturated heterocycles. The lowest BCUT2D eigenvalue weighted by atomic mass is 10.1. The Morgan fingerprint density at radius 3 is 2.89 bits per heavy atom. The molecule has 18 heavy (non-hydrogen) atoms. The second kappa shape index (κ2) is 6.12. The van der Waals surface area contributed by atoms with E-state index in [-0.39, 0.29) is 0 Å². The van der Waals surface area contributed by atoms with Gasteiger partial charge in [0, 0.05) is 9.90 Å². The van der Waals surface area contributed by atoms with E-state index in [2.05, 4.69) is 29.8 Å². The lowest BCUT2D eigenvalue weighted by Gasteiger charge is -2.19. The van der Waals surface area contributed by atoms with Gasteiger partial charge in [0.2, 0.25) is 0 Å². The van der Waals surface area contributed by atoms with Gasteiger partial charge in [-0.15, -0.1) is 11.3 Å². The van der Waals surface area contributed by atoms with E-state index in [1.54, 1.807) is 11.3 Å². The second-order valence-corrected chi connectivity index (χ2v) is 5.65. The highest BCUT2D eigenvalue weighted by atomic mass is 35.5. The van der Waals surface area contributed by atoms with Crippen LogP contribution in [0.25, 0.3) is 0 Å². The zero-order valence-electron chi connectivity index (χ0n) is 10.3. The third kappa shape index (κ3) is 3.18.